The fourth-order valence-corrected chi connectivity index (χ4v) is 3.52. The van der Waals surface area contributed by atoms with Gasteiger partial charge in [0.2, 0.25) is 10.0 Å². The number of carbonyl (C=O) groups excluding carboxylic acids is 1. The van der Waals surface area contributed by atoms with E-state index in [9.17, 15) is 18.0 Å². The number of nitrogens with two attached hydrogens (primary N) is 1. The molecule has 0 fully saturated rings. The van der Waals surface area contributed by atoms with Gasteiger partial charge in [0.15, 0.2) is 0 Å². The van der Waals surface area contributed by atoms with Gasteiger partial charge in [-0.1, -0.05) is 12.1 Å². The molecular weight excluding hydrogens is 422 g/mol. The molecular formula is C21H23N3O6S. The molecule has 0 bridgehead atoms. The molecule has 0 amide bonds. The predicted octanol–water partition coefficient (Wildman–Crippen LogP) is 1.75. The first kappa shape index (κ1) is 22.4. The summed E-state index contributed by atoms with van der Waals surface area (Å²) in [5, 5.41) is 5.58. The van der Waals surface area contributed by atoms with E-state index in [1.54, 1.807) is 6.07 Å². The summed E-state index contributed by atoms with van der Waals surface area (Å²) in [4.78, 5) is 28.7. The van der Waals surface area contributed by atoms with Crippen LogP contribution in [-0.2, 0) is 26.1 Å². The zero-order valence-corrected chi connectivity index (χ0v) is 17.8. The number of carbonyl (C=O) groups is 1. The van der Waals surface area contributed by atoms with Gasteiger partial charge in [0.1, 0.15) is 19.0 Å². The second kappa shape index (κ2) is 9.71. The zero-order valence-electron chi connectivity index (χ0n) is 17.0. The number of para-hydroxylation sites is 1. The summed E-state index contributed by atoms with van der Waals surface area (Å²) in [7, 11) is -3.75. The van der Waals surface area contributed by atoms with Gasteiger partial charge in [-0.3, -0.25) is 14.2 Å². The van der Waals surface area contributed by atoms with Gasteiger partial charge in [-0.15, -0.1) is 0 Å². The molecule has 2 aromatic carbocycles. The summed E-state index contributed by atoms with van der Waals surface area (Å²) in [5.74, 6) is 0.0349. The molecule has 0 saturated carbocycles. The molecule has 9 nitrogen and oxygen atoms in total. The van der Waals surface area contributed by atoms with Crippen LogP contribution in [0.2, 0.25) is 0 Å². The zero-order chi connectivity index (χ0) is 22.4. The lowest BCUT2D eigenvalue weighted by Gasteiger charge is -2.09. The van der Waals surface area contributed by atoms with Gasteiger partial charge in [0.25, 0.3) is 5.56 Å². The third-order valence-corrected chi connectivity index (χ3v) is 5.53. The molecule has 0 radical (unpaired) electrons. The van der Waals surface area contributed by atoms with Crippen molar-refractivity contribution < 1.29 is 22.7 Å². The smallest absolute Gasteiger partial charge is 0.305 e. The van der Waals surface area contributed by atoms with Crippen LogP contribution in [0.4, 0.5) is 0 Å². The summed E-state index contributed by atoms with van der Waals surface area (Å²) in [6, 6.07) is 11.1. The highest BCUT2D eigenvalue weighted by Gasteiger charge is 2.09. The second-order valence-corrected chi connectivity index (χ2v) is 8.46. The van der Waals surface area contributed by atoms with Crippen molar-refractivity contribution in [3.05, 3.63) is 64.7 Å². The van der Waals surface area contributed by atoms with Crippen LogP contribution >= 0.6 is 0 Å². The largest absolute Gasteiger partial charge is 0.490 e. The van der Waals surface area contributed by atoms with E-state index in [1.165, 1.54) is 35.2 Å². The molecule has 1 heterocycles. The molecule has 0 aliphatic rings. The molecule has 31 heavy (non-hydrogen) atoms. The summed E-state index contributed by atoms with van der Waals surface area (Å²) in [6.07, 6.45) is 2.09. The van der Waals surface area contributed by atoms with Crippen molar-refractivity contribution in [2.45, 2.75) is 31.2 Å². The number of fused-ring (bicyclic) bond motifs is 1. The highest BCUT2D eigenvalue weighted by Crippen LogP contribution is 2.15. The average Bonchev–Trinajstić information content (AvgIpc) is 2.73. The Hall–Kier alpha value is -3.24. The van der Waals surface area contributed by atoms with Crippen LogP contribution < -0.4 is 15.4 Å². The fraction of sp³-hybridized carbons (Fsp3) is 0.286. The summed E-state index contributed by atoms with van der Waals surface area (Å²) >= 11 is 0. The first-order valence-corrected chi connectivity index (χ1v) is 11.2. The molecule has 0 saturated heterocycles. The van der Waals surface area contributed by atoms with Crippen LogP contribution in [0, 0.1) is 6.92 Å². The molecule has 0 unspecified atom stereocenters. The number of primary sulfonamides is 1. The molecule has 164 valence electrons. The normalized spacial score (nSPS) is 11.4. The number of nitrogens with zero attached hydrogens (tertiary/aromatic N) is 2. The third kappa shape index (κ3) is 5.89. The van der Waals surface area contributed by atoms with Gasteiger partial charge in [0.05, 0.1) is 22.1 Å². The predicted molar refractivity (Wildman–Crippen MR) is 114 cm³/mol. The minimum Gasteiger partial charge on any atom is -0.490 e. The van der Waals surface area contributed by atoms with Crippen molar-refractivity contribution in [3.63, 3.8) is 0 Å². The summed E-state index contributed by atoms with van der Waals surface area (Å²) in [6.45, 7) is 2.43. The maximum atomic E-state index is 12.5. The van der Waals surface area contributed by atoms with Crippen molar-refractivity contribution in [2.75, 3.05) is 13.2 Å². The number of aromatic nitrogens is 2. The molecule has 3 rings (SSSR count). The number of aryl methyl sites for hydroxylation is 2. The molecule has 10 heteroatoms. The van der Waals surface area contributed by atoms with Gasteiger partial charge >= 0.3 is 5.97 Å². The maximum Gasteiger partial charge on any atom is 0.305 e. The number of rotatable bonds is 9. The Balaban J connectivity index is 1.40. The number of benzene rings is 2. The van der Waals surface area contributed by atoms with Gasteiger partial charge in [0, 0.05) is 13.0 Å². The highest BCUT2D eigenvalue weighted by molar-refractivity contribution is 7.89. The molecule has 2 N–H and O–H groups in total. The monoisotopic (exact) mass is 445 g/mol. The summed E-state index contributed by atoms with van der Waals surface area (Å²) in [5.41, 5.74) is 1.49. The van der Waals surface area contributed by atoms with Crippen LogP contribution in [0.3, 0.4) is 0 Å². The standard InChI is InChI=1S/C21H23N3O6S/c1-15-4-2-5-18-20(15)23-14-24(21(18)26)11-3-6-19(25)30-13-12-29-16-7-9-17(10-8-16)31(22,27)28/h2,4-5,7-10,14H,3,6,11-13H2,1H3,(H2,22,27,28). The molecule has 3 aromatic rings. The highest BCUT2D eigenvalue weighted by atomic mass is 32.2. The van der Waals surface area contributed by atoms with E-state index in [0.29, 0.717) is 29.6 Å². The fourth-order valence-electron chi connectivity index (χ4n) is 3.00. The first-order chi connectivity index (χ1) is 14.8. The van der Waals surface area contributed by atoms with Crippen LogP contribution in [0.25, 0.3) is 10.9 Å². The quantitative estimate of drug-likeness (QED) is 0.392. The van der Waals surface area contributed by atoms with E-state index in [2.05, 4.69) is 4.98 Å². The lowest BCUT2D eigenvalue weighted by molar-refractivity contribution is -0.144. The minimum atomic E-state index is -3.75. The first-order valence-electron chi connectivity index (χ1n) is 9.62. The number of esters is 1. The maximum absolute atomic E-state index is 12.5. The Kier molecular flexibility index (Phi) is 7.03. The third-order valence-electron chi connectivity index (χ3n) is 4.60. The Bertz CT molecular complexity index is 1240. The molecule has 0 atom stereocenters. The van der Waals surface area contributed by atoms with Crippen molar-refractivity contribution in [1.29, 1.82) is 0 Å². The molecule has 1 aromatic heterocycles. The topological polar surface area (TPSA) is 131 Å². The SMILES string of the molecule is Cc1cccc2c(=O)n(CCCC(=O)OCCOc3ccc(S(N)(=O)=O)cc3)cnc12. The van der Waals surface area contributed by atoms with Crippen LogP contribution in [0.15, 0.2) is 58.5 Å². The lowest BCUT2D eigenvalue weighted by atomic mass is 10.1. The Morgan fingerprint density at radius 1 is 1.13 bits per heavy atom. The molecule has 0 aliphatic carbocycles. The van der Waals surface area contributed by atoms with Gasteiger partial charge in [-0.05, 0) is 49.2 Å². The number of hydrogen-bond donors (Lipinski definition) is 1. The minimum absolute atomic E-state index is 0.0119. The Morgan fingerprint density at radius 3 is 2.58 bits per heavy atom. The van der Waals surface area contributed by atoms with E-state index >= 15 is 0 Å². The van der Waals surface area contributed by atoms with Crippen molar-refractivity contribution in [3.8, 4) is 5.75 Å². The number of ether oxygens (including phenoxy) is 2. The van der Waals surface area contributed by atoms with E-state index in [0.717, 1.165) is 5.56 Å². The van der Waals surface area contributed by atoms with E-state index in [1.807, 2.05) is 19.1 Å². The molecule has 0 aliphatic heterocycles. The second-order valence-electron chi connectivity index (χ2n) is 6.90. The average molecular weight is 445 g/mol. The van der Waals surface area contributed by atoms with Crippen molar-refractivity contribution in [1.82, 2.24) is 9.55 Å². The lowest BCUT2D eigenvalue weighted by Crippen LogP contribution is -2.21. The Labute approximate surface area is 179 Å². The van der Waals surface area contributed by atoms with Crippen molar-refractivity contribution in [2.24, 2.45) is 5.14 Å². The Morgan fingerprint density at radius 2 is 1.87 bits per heavy atom. The van der Waals surface area contributed by atoms with Crippen LogP contribution in [-0.4, -0.2) is 37.2 Å². The van der Waals surface area contributed by atoms with E-state index in [4.69, 9.17) is 14.6 Å². The van der Waals surface area contributed by atoms with Crippen molar-refractivity contribution >= 4 is 26.9 Å². The van der Waals surface area contributed by atoms with E-state index < -0.39 is 16.0 Å². The van der Waals surface area contributed by atoms with Gasteiger partial charge < -0.3 is 9.47 Å². The van der Waals surface area contributed by atoms with Crippen LogP contribution in [0.1, 0.15) is 18.4 Å². The number of hydrogen-bond acceptors (Lipinski definition) is 7. The van der Waals surface area contributed by atoms with Crippen LogP contribution in [0.5, 0.6) is 5.75 Å². The van der Waals surface area contributed by atoms with Gasteiger partial charge in [-0.25, -0.2) is 18.5 Å². The summed E-state index contributed by atoms with van der Waals surface area (Å²) < 4.78 is 34.4. The van der Waals surface area contributed by atoms with Gasteiger partial charge in [-0.2, -0.15) is 0 Å². The molecule has 0 spiro atoms. The van der Waals surface area contributed by atoms with E-state index in [-0.39, 0.29) is 30.1 Å². The number of sulfonamides is 1.